The quantitative estimate of drug-likeness (QED) is 0.674. The highest BCUT2D eigenvalue weighted by atomic mass is 79.9. The molecule has 3 rings (SSSR count). The fourth-order valence-corrected chi connectivity index (χ4v) is 2.44. The van der Waals surface area contributed by atoms with Crippen LogP contribution in [0.1, 0.15) is 0 Å². The minimum Gasteiger partial charge on any atom is -0.493 e. The summed E-state index contributed by atoms with van der Waals surface area (Å²) in [5, 5.41) is 1.03. The molecule has 0 saturated carbocycles. The molecular formula is C15H11BrO2. The van der Waals surface area contributed by atoms with Gasteiger partial charge in [-0.2, -0.15) is 0 Å². The molecule has 1 heterocycles. The molecule has 0 saturated heterocycles. The van der Waals surface area contributed by atoms with Crippen LogP contribution in [0, 0.1) is 0 Å². The molecule has 3 aromatic rings. The zero-order chi connectivity index (χ0) is 12.5. The van der Waals surface area contributed by atoms with E-state index in [-0.39, 0.29) is 0 Å². The van der Waals surface area contributed by atoms with Crippen LogP contribution in [0.25, 0.3) is 22.3 Å². The Morgan fingerprint density at radius 1 is 1.06 bits per heavy atom. The second-order valence-corrected chi connectivity index (χ2v) is 4.92. The van der Waals surface area contributed by atoms with Gasteiger partial charge >= 0.3 is 0 Å². The van der Waals surface area contributed by atoms with Crippen LogP contribution in [0.5, 0.6) is 5.75 Å². The van der Waals surface area contributed by atoms with Crippen molar-refractivity contribution in [3.05, 3.63) is 53.0 Å². The van der Waals surface area contributed by atoms with Gasteiger partial charge in [-0.1, -0.05) is 46.3 Å². The van der Waals surface area contributed by atoms with Crippen molar-refractivity contribution in [2.75, 3.05) is 7.11 Å². The Kier molecular flexibility index (Phi) is 2.84. The van der Waals surface area contributed by atoms with E-state index < -0.39 is 0 Å². The van der Waals surface area contributed by atoms with Crippen molar-refractivity contribution in [2.45, 2.75) is 0 Å². The third-order valence-electron chi connectivity index (χ3n) is 2.83. The fraction of sp³-hybridized carbons (Fsp3) is 0.0667. The van der Waals surface area contributed by atoms with Crippen molar-refractivity contribution in [1.82, 2.24) is 0 Å². The van der Waals surface area contributed by atoms with Crippen molar-refractivity contribution in [1.29, 1.82) is 0 Å². The molecule has 1 aromatic heterocycles. The van der Waals surface area contributed by atoms with Gasteiger partial charge in [0.1, 0.15) is 5.76 Å². The molecule has 2 nitrogen and oxygen atoms in total. The number of hydrogen-bond acceptors (Lipinski definition) is 2. The summed E-state index contributed by atoms with van der Waals surface area (Å²) in [7, 11) is 1.64. The van der Waals surface area contributed by atoms with E-state index >= 15 is 0 Å². The zero-order valence-electron chi connectivity index (χ0n) is 9.81. The van der Waals surface area contributed by atoms with E-state index in [0.717, 1.165) is 32.5 Å². The number of rotatable bonds is 2. The number of benzene rings is 2. The normalized spacial score (nSPS) is 10.8. The fourth-order valence-electron chi connectivity index (χ4n) is 1.98. The van der Waals surface area contributed by atoms with Gasteiger partial charge in [-0.3, -0.25) is 0 Å². The maximum atomic E-state index is 5.89. The van der Waals surface area contributed by atoms with Crippen molar-refractivity contribution in [3.8, 4) is 17.1 Å². The Morgan fingerprint density at radius 3 is 2.56 bits per heavy atom. The van der Waals surface area contributed by atoms with E-state index in [1.54, 1.807) is 7.11 Å². The standard InChI is InChI=1S/C15H11BrO2/c1-17-14-9-12(16)7-11-8-13(18-15(11)14)10-5-3-2-4-6-10/h2-9H,1H3. The van der Waals surface area contributed by atoms with E-state index in [0.29, 0.717) is 0 Å². The maximum Gasteiger partial charge on any atom is 0.176 e. The first-order chi connectivity index (χ1) is 8.78. The molecule has 0 amide bonds. The molecule has 18 heavy (non-hydrogen) atoms. The SMILES string of the molecule is COc1cc(Br)cc2cc(-c3ccccc3)oc12. The second-order valence-electron chi connectivity index (χ2n) is 4.00. The Morgan fingerprint density at radius 2 is 1.83 bits per heavy atom. The average molecular weight is 303 g/mol. The summed E-state index contributed by atoms with van der Waals surface area (Å²) in [6.45, 7) is 0. The summed E-state index contributed by atoms with van der Waals surface area (Å²) in [4.78, 5) is 0. The molecule has 2 aromatic carbocycles. The molecule has 0 aliphatic heterocycles. The lowest BCUT2D eigenvalue weighted by molar-refractivity contribution is 0.410. The monoisotopic (exact) mass is 302 g/mol. The summed E-state index contributed by atoms with van der Waals surface area (Å²) in [5.74, 6) is 1.59. The summed E-state index contributed by atoms with van der Waals surface area (Å²) >= 11 is 3.47. The molecule has 0 atom stereocenters. The highest BCUT2D eigenvalue weighted by molar-refractivity contribution is 9.10. The first-order valence-electron chi connectivity index (χ1n) is 5.60. The Labute approximate surface area is 113 Å². The number of methoxy groups -OCH3 is 1. The van der Waals surface area contributed by atoms with Gasteiger partial charge in [0.15, 0.2) is 11.3 Å². The van der Waals surface area contributed by atoms with Crippen molar-refractivity contribution < 1.29 is 9.15 Å². The van der Waals surface area contributed by atoms with Gasteiger partial charge in [0.2, 0.25) is 0 Å². The molecule has 0 bridgehead atoms. The van der Waals surface area contributed by atoms with Crippen LogP contribution < -0.4 is 4.74 Å². The van der Waals surface area contributed by atoms with Gasteiger partial charge in [-0.05, 0) is 18.2 Å². The largest absolute Gasteiger partial charge is 0.493 e. The van der Waals surface area contributed by atoms with Crippen LogP contribution in [0.2, 0.25) is 0 Å². The third-order valence-corrected chi connectivity index (χ3v) is 3.28. The molecule has 0 spiro atoms. The molecule has 3 heteroatoms. The lowest BCUT2D eigenvalue weighted by Gasteiger charge is -2.00. The molecule has 0 radical (unpaired) electrons. The van der Waals surface area contributed by atoms with E-state index in [2.05, 4.69) is 15.9 Å². The van der Waals surface area contributed by atoms with Crippen LogP contribution >= 0.6 is 15.9 Å². The Hall–Kier alpha value is -1.74. The van der Waals surface area contributed by atoms with Crippen molar-refractivity contribution >= 4 is 26.9 Å². The number of furan rings is 1. The van der Waals surface area contributed by atoms with Crippen molar-refractivity contribution in [3.63, 3.8) is 0 Å². The molecule has 0 aliphatic rings. The van der Waals surface area contributed by atoms with Gasteiger partial charge < -0.3 is 9.15 Å². The number of ether oxygens (including phenoxy) is 1. The molecule has 0 N–H and O–H groups in total. The summed E-state index contributed by atoms with van der Waals surface area (Å²) in [5.41, 5.74) is 1.84. The van der Waals surface area contributed by atoms with Gasteiger partial charge in [0.25, 0.3) is 0 Å². The highest BCUT2D eigenvalue weighted by Crippen LogP contribution is 2.35. The highest BCUT2D eigenvalue weighted by Gasteiger charge is 2.11. The predicted molar refractivity (Wildman–Crippen MR) is 75.9 cm³/mol. The van der Waals surface area contributed by atoms with Crippen LogP contribution in [0.3, 0.4) is 0 Å². The molecular weight excluding hydrogens is 292 g/mol. The maximum absolute atomic E-state index is 5.89. The predicted octanol–water partition coefficient (Wildman–Crippen LogP) is 4.87. The van der Waals surface area contributed by atoms with Gasteiger partial charge in [-0.25, -0.2) is 0 Å². The zero-order valence-corrected chi connectivity index (χ0v) is 11.4. The minimum atomic E-state index is 0.738. The number of hydrogen-bond donors (Lipinski definition) is 0. The van der Waals surface area contributed by atoms with Gasteiger partial charge in [0.05, 0.1) is 7.11 Å². The van der Waals surface area contributed by atoms with Crippen LogP contribution in [0.15, 0.2) is 57.4 Å². The minimum absolute atomic E-state index is 0.738. The van der Waals surface area contributed by atoms with E-state index in [4.69, 9.17) is 9.15 Å². The topological polar surface area (TPSA) is 22.4 Å². The Bertz CT molecular complexity index is 686. The molecule has 0 fully saturated rings. The number of halogens is 1. The third kappa shape index (κ3) is 1.91. The Balaban J connectivity index is 2.23. The smallest absolute Gasteiger partial charge is 0.176 e. The van der Waals surface area contributed by atoms with Gasteiger partial charge in [0, 0.05) is 15.4 Å². The summed E-state index contributed by atoms with van der Waals surface area (Å²) in [6.07, 6.45) is 0. The number of fused-ring (bicyclic) bond motifs is 1. The van der Waals surface area contributed by atoms with E-state index in [1.807, 2.05) is 48.5 Å². The van der Waals surface area contributed by atoms with E-state index in [1.165, 1.54) is 0 Å². The van der Waals surface area contributed by atoms with E-state index in [9.17, 15) is 0 Å². The average Bonchev–Trinajstić information content (AvgIpc) is 2.82. The molecule has 0 aliphatic carbocycles. The van der Waals surface area contributed by atoms with Gasteiger partial charge in [-0.15, -0.1) is 0 Å². The van der Waals surface area contributed by atoms with Crippen LogP contribution in [-0.2, 0) is 0 Å². The summed E-state index contributed by atoms with van der Waals surface area (Å²) < 4.78 is 12.2. The van der Waals surface area contributed by atoms with Crippen molar-refractivity contribution in [2.24, 2.45) is 0 Å². The molecule has 0 unspecified atom stereocenters. The first kappa shape index (κ1) is 11.4. The lowest BCUT2D eigenvalue weighted by atomic mass is 10.1. The molecule has 90 valence electrons. The lowest BCUT2D eigenvalue weighted by Crippen LogP contribution is -1.82. The second kappa shape index (κ2) is 4.50. The van der Waals surface area contributed by atoms with Crippen LogP contribution in [-0.4, -0.2) is 7.11 Å². The first-order valence-corrected chi connectivity index (χ1v) is 6.40. The van der Waals surface area contributed by atoms with Crippen LogP contribution in [0.4, 0.5) is 0 Å². The summed E-state index contributed by atoms with van der Waals surface area (Å²) in [6, 6.07) is 16.0.